The van der Waals surface area contributed by atoms with Crippen LogP contribution in [0.15, 0.2) is 36.8 Å². The fraction of sp³-hybridized carbons (Fsp3) is 0.526. The van der Waals surface area contributed by atoms with Gasteiger partial charge in [-0.15, -0.1) is 0 Å². The second kappa shape index (κ2) is 8.49. The number of amides is 2. The Labute approximate surface area is 158 Å². The summed E-state index contributed by atoms with van der Waals surface area (Å²) in [7, 11) is 0. The largest absolute Gasteiger partial charge is 0.376 e. The molecule has 2 amide bonds. The molecular formula is C19H25N5O3. The van der Waals surface area contributed by atoms with Crippen LogP contribution in [-0.2, 0) is 9.47 Å². The first-order valence-electron chi connectivity index (χ1n) is 9.54. The van der Waals surface area contributed by atoms with Crippen molar-refractivity contribution in [3.05, 3.63) is 36.8 Å². The third kappa shape index (κ3) is 4.45. The number of aromatic nitrogens is 3. The molecule has 4 rings (SSSR count). The molecule has 2 fully saturated rings. The standard InChI is InChI=1S/C19H25N5O3/c25-19(22-17-7-1-8-20-18(17)24-10-4-9-21-24)23(13-15-5-2-11-26-15)14-16-6-3-12-27-16/h1,4,7-10,15-16H,2-3,5-6,11-14H2,(H,22,25). The summed E-state index contributed by atoms with van der Waals surface area (Å²) >= 11 is 0. The van der Waals surface area contributed by atoms with Gasteiger partial charge < -0.3 is 19.7 Å². The Morgan fingerprint density at radius 1 is 1.15 bits per heavy atom. The first-order chi connectivity index (χ1) is 13.3. The van der Waals surface area contributed by atoms with Crippen LogP contribution < -0.4 is 5.32 Å². The lowest BCUT2D eigenvalue weighted by atomic mass is 10.2. The molecular weight excluding hydrogens is 346 g/mol. The molecule has 0 saturated carbocycles. The van der Waals surface area contributed by atoms with Crippen molar-refractivity contribution in [2.45, 2.75) is 37.9 Å². The number of ether oxygens (including phenoxy) is 2. The molecule has 27 heavy (non-hydrogen) atoms. The lowest BCUT2D eigenvalue weighted by Gasteiger charge is -2.28. The number of anilines is 1. The molecule has 1 N–H and O–H groups in total. The monoisotopic (exact) mass is 371 g/mol. The van der Waals surface area contributed by atoms with E-state index in [0.29, 0.717) is 24.6 Å². The topological polar surface area (TPSA) is 81.5 Å². The van der Waals surface area contributed by atoms with E-state index in [-0.39, 0.29) is 18.2 Å². The Kier molecular flexibility index (Phi) is 5.64. The van der Waals surface area contributed by atoms with E-state index in [1.54, 1.807) is 29.3 Å². The molecule has 2 saturated heterocycles. The first kappa shape index (κ1) is 17.9. The molecule has 2 unspecified atom stereocenters. The van der Waals surface area contributed by atoms with Crippen molar-refractivity contribution in [1.82, 2.24) is 19.7 Å². The minimum atomic E-state index is -0.164. The highest BCUT2D eigenvalue weighted by molar-refractivity contribution is 5.91. The van der Waals surface area contributed by atoms with Gasteiger partial charge in [0.05, 0.1) is 17.9 Å². The number of pyridine rings is 1. The van der Waals surface area contributed by atoms with Crippen LogP contribution in [0.25, 0.3) is 5.82 Å². The summed E-state index contributed by atoms with van der Waals surface area (Å²) in [5.41, 5.74) is 0.621. The van der Waals surface area contributed by atoms with Crippen LogP contribution in [0.2, 0.25) is 0 Å². The van der Waals surface area contributed by atoms with Gasteiger partial charge in [0, 0.05) is 44.9 Å². The van der Waals surface area contributed by atoms with Crippen LogP contribution in [0, 0.1) is 0 Å². The van der Waals surface area contributed by atoms with Crippen LogP contribution in [-0.4, -0.2) is 64.2 Å². The molecule has 0 radical (unpaired) electrons. The Morgan fingerprint density at radius 2 is 1.89 bits per heavy atom. The maximum atomic E-state index is 13.1. The van der Waals surface area contributed by atoms with Crippen molar-refractivity contribution < 1.29 is 14.3 Å². The Hall–Kier alpha value is -2.45. The number of nitrogens with zero attached hydrogens (tertiary/aromatic N) is 4. The van der Waals surface area contributed by atoms with Gasteiger partial charge in [-0.25, -0.2) is 14.5 Å². The van der Waals surface area contributed by atoms with E-state index in [1.807, 2.05) is 17.0 Å². The van der Waals surface area contributed by atoms with Crippen LogP contribution >= 0.6 is 0 Å². The third-order valence-electron chi connectivity index (χ3n) is 4.93. The van der Waals surface area contributed by atoms with Gasteiger partial charge in [-0.2, -0.15) is 5.10 Å². The minimum absolute atomic E-state index is 0.0941. The molecule has 8 heteroatoms. The molecule has 0 aliphatic carbocycles. The first-order valence-corrected chi connectivity index (χ1v) is 9.54. The van der Waals surface area contributed by atoms with Crippen molar-refractivity contribution in [1.29, 1.82) is 0 Å². The molecule has 4 heterocycles. The fourth-order valence-electron chi connectivity index (χ4n) is 3.57. The normalized spacial score (nSPS) is 22.1. The second-order valence-electron chi connectivity index (χ2n) is 6.93. The Morgan fingerprint density at radius 3 is 2.48 bits per heavy atom. The zero-order valence-corrected chi connectivity index (χ0v) is 15.3. The molecule has 2 aromatic heterocycles. The molecule has 2 aliphatic rings. The minimum Gasteiger partial charge on any atom is -0.376 e. The molecule has 0 spiro atoms. The van der Waals surface area contributed by atoms with Gasteiger partial charge in [0.15, 0.2) is 5.82 Å². The van der Waals surface area contributed by atoms with E-state index < -0.39 is 0 Å². The van der Waals surface area contributed by atoms with E-state index in [0.717, 1.165) is 38.9 Å². The summed E-state index contributed by atoms with van der Waals surface area (Å²) in [6, 6.07) is 5.29. The van der Waals surface area contributed by atoms with Crippen LogP contribution in [0.3, 0.4) is 0 Å². The number of rotatable bonds is 6. The summed E-state index contributed by atoms with van der Waals surface area (Å²) in [4.78, 5) is 19.2. The average Bonchev–Trinajstić information content (AvgIpc) is 3.45. The third-order valence-corrected chi connectivity index (χ3v) is 4.93. The molecule has 2 atom stereocenters. The lowest BCUT2D eigenvalue weighted by Crippen LogP contribution is -2.44. The molecule has 2 aromatic rings. The predicted octanol–water partition coefficient (Wildman–Crippen LogP) is 2.46. The second-order valence-corrected chi connectivity index (χ2v) is 6.93. The highest BCUT2D eigenvalue weighted by Crippen LogP contribution is 2.20. The van der Waals surface area contributed by atoms with Crippen LogP contribution in [0.5, 0.6) is 0 Å². The van der Waals surface area contributed by atoms with Gasteiger partial charge in [0.2, 0.25) is 0 Å². The number of urea groups is 1. The molecule has 8 nitrogen and oxygen atoms in total. The summed E-state index contributed by atoms with van der Waals surface area (Å²) in [6.07, 6.45) is 9.42. The number of hydrogen-bond donors (Lipinski definition) is 1. The summed E-state index contributed by atoms with van der Waals surface area (Å²) in [6.45, 7) is 2.68. The summed E-state index contributed by atoms with van der Waals surface area (Å²) in [5, 5.41) is 7.21. The Bertz CT molecular complexity index is 722. The van der Waals surface area contributed by atoms with E-state index in [9.17, 15) is 4.79 Å². The van der Waals surface area contributed by atoms with Crippen molar-refractivity contribution in [3.63, 3.8) is 0 Å². The van der Waals surface area contributed by atoms with E-state index in [4.69, 9.17) is 9.47 Å². The predicted molar refractivity (Wildman–Crippen MR) is 99.9 cm³/mol. The number of hydrogen-bond acceptors (Lipinski definition) is 5. The van der Waals surface area contributed by atoms with Crippen molar-refractivity contribution in [2.75, 3.05) is 31.6 Å². The molecule has 0 bridgehead atoms. The zero-order chi connectivity index (χ0) is 18.5. The van der Waals surface area contributed by atoms with Crippen molar-refractivity contribution >= 4 is 11.7 Å². The van der Waals surface area contributed by atoms with Gasteiger partial charge in [0.25, 0.3) is 0 Å². The van der Waals surface area contributed by atoms with Crippen molar-refractivity contribution in [3.8, 4) is 5.82 Å². The zero-order valence-electron chi connectivity index (χ0n) is 15.3. The number of nitrogens with one attached hydrogen (secondary N) is 1. The van der Waals surface area contributed by atoms with Crippen molar-refractivity contribution in [2.24, 2.45) is 0 Å². The molecule has 0 aromatic carbocycles. The van der Waals surface area contributed by atoms with Gasteiger partial charge in [-0.1, -0.05) is 0 Å². The smallest absolute Gasteiger partial charge is 0.322 e. The van der Waals surface area contributed by atoms with E-state index >= 15 is 0 Å². The van der Waals surface area contributed by atoms with Crippen LogP contribution in [0.4, 0.5) is 10.5 Å². The van der Waals surface area contributed by atoms with Gasteiger partial charge in [0.1, 0.15) is 0 Å². The SMILES string of the molecule is O=C(Nc1cccnc1-n1cccn1)N(CC1CCCO1)CC1CCCO1. The highest BCUT2D eigenvalue weighted by Gasteiger charge is 2.27. The van der Waals surface area contributed by atoms with E-state index in [2.05, 4.69) is 15.4 Å². The summed E-state index contributed by atoms with van der Waals surface area (Å²) in [5.74, 6) is 0.588. The molecule has 2 aliphatic heterocycles. The summed E-state index contributed by atoms with van der Waals surface area (Å²) < 4.78 is 13.1. The average molecular weight is 371 g/mol. The van der Waals surface area contributed by atoms with Crippen LogP contribution in [0.1, 0.15) is 25.7 Å². The maximum Gasteiger partial charge on any atom is 0.322 e. The molecule has 144 valence electrons. The fourth-order valence-corrected chi connectivity index (χ4v) is 3.57. The van der Waals surface area contributed by atoms with Gasteiger partial charge in [-0.05, 0) is 43.9 Å². The van der Waals surface area contributed by atoms with Gasteiger partial charge >= 0.3 is 6.03 Å². The Balaban J connectivity index is 1.49. The number of carbonyl (C=O) groups excluding carboxylic acids is 1. The maximum absolute atomic E-state index is 13.1. The highest BCUT2D eigenvalue weighted by atomic mass is 16.5. The number of carbonyl (C=O) groups is 1. The quantitative estimate of drug-likeness (QED) is 0.844. The van der Waals surface area contributed by atoms with Gasteiger partial charge in [-0.3, -0.25) is 0 Å². The van der Waals surface area contributed by atoms with E-state index in [1.165, 1.54) is 0 Å². The lowest BCUT2D eigenvalue weighted by molar-refractivity contribution is 0.0524.